The molecule has 2 saturated carbocycles. The van der Waals surface area contributed by atoms with Crippen LogP contribution in [-0.2, 0) is 14.3 Å². The van der Waals surface area contributed by atoms with Gasteiger partial charge in [-0.15, -0.1) is 0 Å². The number of carboxylic acids is 1. The predicted molar refractivity (Wildman–Crippen MR) is 110 cm³/mol. The quantitative estimate of drug-likeness (QED) is 0.504. The molecule has 1 aliphatic heterocycles. The normalized spacial score (nSPS) is 50.2. The highest BCUT2D eigenvalue weighted by atomic mass is 16.6. The average Bonchev–Trinajstić information content (AvgIpc) is 3.37. The molecule has 5 aliphatic rings. The van der Waals surface area contributed by atoms with Crippen LogP contribution >= 0.6 is 0 Å². The Hall–Kier alpha value is -1.96. The van der Waals surface area contributed by atoms with Crippen molar-refractivity contribution < 1.29 is 34.8 Å². The smallest absolute Gasteiger partial charge is 0.306 e. The highest BCUT2D eigenvalue weighted by Gasteiger charge is 2.81. The number of ether oxygens (including phenoxy) is 1. The summed E-state index contributed by atoms with van der Waals surface area (Å²) < 4.78 is 6.43. The molecule has 1 unspecified atom stereocenters. The second kappa shape index (κ2) is 6.09. The molecule has 4 N–H and O–H groups in total. The Kier molecular flexibility index (Phi) is 4.11. The van der Waals surface area contributed by atoms with Crippen molar-refractivity contribution in [3.8, 4) is 0 Å². The molecule has 31 heavy (non-hydrogen) atoms. The Balaban J connectivity index is 1.55. The van der Waals surface area contributed by atoms with Gasteiger partial charge in [-0.25, -0.2) is 0 Å². The van der Waals surface area contributed by atoms with Gasteiger partial charge in [0, 0.05) is 10.8 Å². The van der Waals surface area contributed by atoms with Crippen LogP contribution in [0.5, 0.6) is 0 Å². The lowest BCUT2D eigenvalue weighted by molar-refractivity contribution is -0.172. The van der Waals surface area contributed by atoms with E-state index in [1.165, 1.54) is 0 Å². The first kappa shape index (κ1) is 20.9. The van der Waals surface area contributed by atoms with Crippen LogP contribution in [0.15, 0.2) is 35.6 Å². The van der Waals surface area contributed by atoms with E-state index in [9.17, 15) is 24.9 Å². The predicted octanol–water partition coefficient (Wildman–Crippen LogP) is 2.29. The van der Waals surface area contributed by atoms with Crippen LogP contribution in [0.1, 0.15) is 46.5 Å². The van der Waals surface area contributed by atoms with Crippen molar-refractivity contribution in [2.45, 2.75) is 69.9 Å². The lowest BCUT2D eigenvalue weighted by Crippen LogP contribution is -2.63. The number of hydrogen-bond donors (Lipinski definition) is 4. The molecule has 5 rings (SSSR count). The fraction of sp³-hybridized carbons (Fsp3) is 0.667. The number of carbonyl (C=O) groups excluding carboxylic acids is 1. The van der Waals surface area contributed by atoms with Gasteiger partial charge in [0.15, 0.2) is 5.78 Å². The lowest BCUT2D eigenvalue weighted by Gasteiger charge is -2.54. The third-order valence-electron chi connectivity index (χ3n) is 9.35. The standard InChI is InChI=1S/C24H30O7/c1-12-8-16-15-5-4-13-9-14(25)6-7-21(13,2)24(15)18(31-24)11-22(16,3)23(12,30)20(29)17(26)10-19(27)28/h4,6-7,9,12,15-18,25-26,30H,5,8,10-11H2,1-3H3,(H,27,28)/t12-,15+,16+,17?,18+,21+,22+,23+,24-/m1/s1. The van der Waals surface area contributed by atoms with Gasteiger partial charge in [-0.05, 0) is 61.7 Å². The number of allylic oxidation sites excluding steroid dienone is 3. The van der Waals surface area contributed by atoms with E-state index in [1.807, 2.05) is 19.9 Å². The first-order valence-corrected chi connectivity index (χ1v) is 11.1. The molecule has 0 aromatic rings. The highest BCUT2D eigenvalue weighted by Crippen LogP contribution is 2.75. The first-order chi connectivity index (χ1) is 14.4. The summed E-state index contributed by atoms with van der Waals surface area (Å²) in [5.74, 6) is -2.19. The van der Waals surface area contributed by atoms with Gasteiger partial charge in [0.1, 0.15) is 23.1 Å². The Morgan fingerprint density at radius 1 is 1.29 bits per heavy atom. The molecule has 1 spiro atoms. The molecule has 0 bridgehead atoms. The van der Waals surface area contributed by atoms with E-state index in [0.29, 0.717) is 19.3 Å². The largest absolute Gasteiger partial charge is 0.508 e. The third-order valence-corrected chi connectivity index (χ3v) is 9.35. The van der Waals surface area contributed by atoms with Gasteiger partial charge in [0.25, 0.3) is 0 Å². The summed E-state index contributed by atoms with van der Waals surface area (Å²) in [6, 6.07) is 0. The Morgan fingerprint density at radius 3 is 2.68 bits per heavy atom. The second-order valence-corrected chi connectivity index (χ2v) is 10.6. The van der Waals surface area contributed by atoms with Crippen molar-refractivity contribution in [3.63, 3.8) is 0 Å². The van der Waals surface area contributed by atoms with Crippen molar-refractivity contribution in [1.82, 2.24) is 0 Å². The topological polar surface area (TPSA) is 128 Å². The van der Waals surface area contributed by atoms with E-state index < -0.39 is 52.2 Å². The number of aliphatic hydroxyl groups is 3. The number of aliphatic hydroxyl groups excluding tert-OH is 2. The summed E-state index contributed by atoms with van der Waals surface area (Å²) in [4.78, 5) is 24.3. The number of aliphatic carboxylic acids is 1. The number of hydrogen-bond acceptors (Lipinski definition) is 6. The van der Waals surface area contributed by atoms with Gasteiger partial charge >= 0.3 is 5.97 Å². The Bertz CT molecular complexity index is 965. The summed E-state index contributed by atoms with van der Waals surface area (Å²) >= 11 is 0. The number of Topliss-reactive ketones (excluding diaryl/α,β-unsaturated/α-hetero) is 1. The van der Waals surface area contributed by atoms with Gasteiger partial charge in [-0.1, -0.05) is 26.0 Å². The fourth-order valence-electron chi connectivity index (χ4n) is 7.78. The molecule has 9 atom stereocenters. The first-order valence-electron chi connectivity index (χ1n) is 11.1. The van der Waals surface area contributed by atoms with Gasteiger partial charge in [-0.3, -0.25) is 9.59 Å². The molecule has 168 valence electrons. The average molecular weight is 430 g/mol. The lowest BCUT2D eigenvalue weighted by atomic mass is 9.47. The molecule has 1 heterocycles. The zero-order chi connectivity index (χ0) is 22.6. The second-order valence-electron chi connectivity index (χ2n) is 10.6. The van der Waals surface area contributed by atoms with Crippen molar-refractivity contribution in [3.05, 3.63) is 35.6 Å². The molecule has 0 aromatic heterocycles. The molecular formula is C24H30O7. The molecule has 0 radical (unpaired) electrons. The summed E-state index contributed by atoms with van der Waals surface area (Å²) in [7, 11) is 0. The van der Waals surface area contributed by atoms with E-state index >= 15 is 0 Å². The van der Waals surface area contributed by atoms with Gasteiger partial charge in [-0.2, -0.15) is 0 Å². The number of carbonyl (C=O) groups is 2. The molecule has 7 nitrogen and oxygen atoms in total. The molecule has 3 fully saturated rings. The zero-order valence-corrected chi connectivity index (χ0v) is 18.0. The molecule has 0 amide bonds. The van der Waals surface area contributed by atoms with Crippen LogP contribution in [0.25, 0.3) is 0 Å². The summed E-state index contributed by atoms with van der Waals surface area (Å²) in [6.07, 6.45) is 6.80. The maximum Gasteiger partial charge on any atom is 0.306 e. The summed E-state index contributed by atoms with van der Waals surface area (Å²) in [5, 5.41) is 41.1. The van der Waals surface area contributed by atoms with Crippen LogP contribution in [0, 0.1) is 28.6 Å². The fourth-order valence-corrected chi connectivity index (χ4v) is 7.78. The van der Waals surface area contributed by atoms with E-state index in [2.05, 4.69) is 13.0 Å². The highest BCUT2D eigenvalue weighted by molar-refractivity contribution is 5.95. The molecule has 1 saturated heterocycles. The summed E-state index contributed by atoms with van der Waals surface area (Å²) in [6.45, 7) is 5.85. The number of ketones is 1. The molecule has 4 aliphatic carbocycles. The SMILES string of the molecule is C[C@@H]1C[C@H]2[C@@H]3CC=C4C=C(O)C=C[C@]4(C)[C@@]34O[C@H]4C[C@]2(C)[C@@]1(O)C(=O)C(O)CC(=O)O. The molecular weight excluding hydrogens is 400 g/mol. The summed E-state index contributed by atoms with van der Waals surface area (Å²) in [5.41, 5.74) is -2.44. The van der Waals surface area contributed by atoms with Crippen molar-refractivity contribution in [2.24, 2.45) is 28.6 Å². The van der Waals surface area contributed by atoms with Crippen molar-refractivity contribution in [2.75, 3.05) is 0 Å². The van der Waals surface area contributed by atoms with E-state index in [0.717, 1.165) is 5.57 Å². The zero-order valence-electron chi connectivity index (χ0n) is 18.0. The van der Waals surface area contributed by atoms with E-state index in [1.54, 1.807) is 12.2 Å². The van der Waals surface area contributed by atoms with Crippen LogP contribution < -0.4 is 0 Å². The minimum atomic E-state index is -1.81. The monoisotopic (exact) mass is 430 g/mol. The number of rotatable bonds is 4. The number of epoxide rings is 1. The van der Waals surface area contributed by atoms with Gasteiger partial charge in [0.05, 0.1) is 12.5 Å². The minimum absolute atomic E-state index is 0.0187. The third kappa shape index (κ3) is 2.29. The minimum Gasteiger partial charge on any atom is -0.508 e. The van der Waals surface area contributed by atoms with Crippen molar-refractivity contribution >= 4 is 11.8 Å². The van der Waals surface area contributed by atoms with Crippen LogP contribution in [0.4, 0.5) is 0 Å². The van der Waals surface area contributed by atoms with E-state index in [4.69, 9.17) is 9.84 Å². The maximum atomic E-state index is 13.2. The number of carboxylic acid groups (broad SMARTS) is 1. The number of fused-ring (bicyclic) bond motifs is 3. The molecule has 0 aromatic carbocycles. The van der Waals surface area contributed by atoms with Crippen LogP contribution in [0.3, 0.4) is 0 Å². The maximum absolute atomic E-state index is 13.2. The van der Waals surface area contributed by atoms with Crippen LogP contribution in [0.2, 0.25) is 0 Å². The van der Waals surface area contributed by atoms with Gasteiger partial charge in [0.2, 0.25) is 0 Å². The van der Waals surface area contributed by atoms with Gasteiger partial charge < -0.3 is 25.2 Å². The Morgan fingerprint density at radius 2 is 2.00 bits per heavy atom. The van der Waals surface area contributed by atoms with E-state index in [-0.39, 0.29) is 23.7 Å². The molecule has 7 heteroatoms. The Labute approximate surface area is 181 Å². The van der Waals surface area contributed by atoms with Crippen molar-refractivity contribution in [1.29, 1.82) is 0 Å². The van der Waals surface area contributed by atoms with Crippen LogP contribution in [-0.4, -0.2) is 55.6 Å².